The molecule has 9 heteroatoms. The zero-order valence-corrected chi connectivity index (χ0v) is 8.83. The van der Waals surface area contributed by atoms with E-state index in [0.29, 0.717) is 12.1 Å². The van der Waals surface area contributed by atoms with Crippen LogP contribution in [0.3, 0.4) is 0 Å². The second-order valence-corrected chi connectivity index (χ2v) is 3.17. The van der Waals surface area contributed by atoms with Gasteiger partial charge in [0.2, 0.25) is 0 Å². The molecule has 0 amide bonds. The van der Waals surface area contributed by atoms with Crippen molar-refractivity contribution in [1.82, 2.24) is 0 Å². The highest BCUT2D eigenvalue weighted by atomic mass is 19.4. The molecule has 0 aliphatic heterocycles. The van der Waals surface area contributed by atoms with E-state index in [1.165, 1.54) is 6.07 Å². The molecule has 4 nitrogen and oxygen atoms in total. The fourth-order valence-corrected chi connectivity index (χ4v) is 1.31. The van der Waals surface area contributed by atoms with E-state index >= 15 is 0 Å². The molecule has 0 spiro atoms. The number of aromatic carboxylic acids is 1. The number of rotatable bonds is 3. The van der Waals surface area contributed by atoms with Crippen molar-refractivity contribution >= 4 is 5.97 Å². The summed E-state index contributed by atoms with van der Waals surface area (Å²) in [6.45, 7) is 0. The van der Waals surface area contributed by atoms with Crippen LogP contribution in [0.5, 0.6) is 5.75 Å². The summed E-state index contributed by atoms with van der Waals surface area (Å²) in [6, 6.07) is 2.53. The summed E-state index contributed by atoms with van der Waals surface area (Å²) in [7, 11) is 0. The van der Waals surface area contributed by atoms with Crippen LogP contribution in [0.1, 0.15) is 27.9 Å². The fourth-order valence-electron chi connectivity index (χ4n) is 1.31. The maximum absolute atomic E-state index is 12.7. The number of halogens is 5. The Bertz CT molecular complexity index is 547. The van der Waals surface area contributed by atoms with Gasteiger partial charge in [-0.05, 0) is 12.1 Å². The average molecular weight is 281 g/mol. The monoisotopic (exact) mass is 281 g/mol. The molecule has 19 heavy (non-hydrogen) atoms. The SMILES string of the molecule is N#Cc1ccc(C(=O)O)c(OC(F)(F)F)c1C(F)F. The molecule has 1 aromatic carbocycles. The zero-order chi connectivity index (χ0) is 14.8. The number of alkyl halides is 5. The van der Waals surface area contributed by atoms with Gasteiger partial charge in [-0.2, -0.15) is 5.26 Å². The number of ether oxygens (including phenoxy) is 1. The third-order valence-electron chi connectivity index (χ3n) is 1.98. The van der Waals surface area contributed by atoms with E-state index < -0.39 is 41.2 Å². The summed E-state index contributed by atoms with van der Waals surface area (Å²) >= 11 is 0. The van der Waals surface area contributed by atoms with Crippen LogP contribution in [0.2, 0.25) is 0 Å². The third-order valence-corrected chi connectivity index (χ3v) is 1.98. The van der Waals surface area contributed by atoms with Crippen LogP contribution in [-0.2, 0) is 0 Å². The van der Waals surface area contributed by atoms with E-state index in [-0.39, 0.29) is 0 Å². The smallest absolute Gasteiger partial charge is 0.478 e. The van der Waals surface area contributed by atoms with E-state index in [1.807, 2.05) is 0 Å². The van der Waals surface area contributed by atoms with E-state index in [9.17, 15) is 26.7 Å². The van der Waals surface area contributed by atoms with Crippen LogP contribution < -0.4 is 4.74 Å². The molecule has 0 saturated carbocycles. The highest BCUT2D eigenvalue weighted by Crippen LogP contribution is 2.38. The predicted octanol–water partition coefficient (Wildman–Crippen LogP) is 3.09. The summed E-state index contributed by atoms with van der Waals surface area (Å²) in [5.74, 6) is -3.46. The molecule has 0 radical (unpaired) electrons. The highest BCUT2D eigenvalue weighted by molar-refractivity contribution is 5.92. The van der Waals surface area contributed by atoms with Gasteiger partial charge in [0.05, 0.1) is 17.2 Å². The van der Waals surface area contributed by atoms with Crippen LogP contribution in [0, 0.1) is 11.3 Å². The van der Waals surface area contributed by atoms with Crippen molar-refractivity contribution < 1.29 is 36.6 Å². The topological polar surface area (TPSA) is 70.3 Å². The molecule has 1 rings (SSSR count). The highest BCUT2D eigenvalue weighted by Gasteiger charge is 2.36. The average Bonchev–Trinajstić information content (AvgIpc) is 2.25. The predicted molar refractivity (Wildman–Crippen MR) is 49.8 cm³/mol. The lowest BCUT2D eigenvalue weighted by Crippen LogP contribution is -2.21. The van der Waals surface area contributed by atoms with Gasteiger partial charge in [-0.15, -0.1) is 13.2 Å². The number of nitrogens with zero attached hydrogens (tertiary/aromatic N) is 1. The van der Waals surface area contributed by atoms with Crippen molar-refractivity contribution in [2.75, 3.05) is 0 Å². The van der Waals surface area contributed by atoms with Crippen molar-refractivity contribution in [2.24, 2.45) is 0 Å². The molecule has 0 atom stereocenters. The van der Waals surface area contributed by atoms with Crippen molar-refractivity contribution in [3.63, 3.8) is 0 Å². The van der Waals surface area contributed by atoms with E-state index in [4.69, 9.17) is 10.4 Å². The Kier molecular flexibility index (Phi) is 3.94. The summed E-state index contributed by atoms with van der Waals surface area (Å²) in [5, 5.41) is 17.2. The normalized spacial score (nSPS) is 11.2. The Balaban J connectivity index is 3.59. The van der Waals surface area contributed by atoms with Crippen LogP contribution in [0.4, 0.5) is 22.0 Å². The summed E-state index contributed by atoms with van der Waals surface area (Å²) in [4.78, 5) is 10.7. The van der Waals surface area contributed by atoms with Gasteiger partial charge in [-0.25, -0.2) is 13.6 Å². The number of benzene rings is 1. The number of hydrogen-bond acceptors (Lipinski definition) is 3. The molecule has 0 bridgehead atoms. The second kappa shape index (κ2) is 5.09. The lowest BCUT2D eigenvalue weighted by atomic mass is 10.0. The molecular weight excluding hydrogens is 277 g/mol. The van der Waals surface area contributed by atoms with Crippen molar-refractivity contribution in [2.45, 2.75) is 12.8 Å². The molecular formula is C10H4F5NO3. The van der Waals surface area contributed by atoms with Gasteiger partial charge >= 0.3 is 12.3 Å². The van der Waals surface area contributed by atoms with Gasteiger partial charge in [0.1, 0.15) is 5.56 Å². The first-order valence-corrected chi connectivity index (χ1v) is 4.51. The first kappa shape index (κ1) is 14.7. The molecule has 0 fully saturated rings. The van der Waals surface area contributed by atoms with E-state index in [0.717, 1.165) is 0 Å². The molecule has 0 saturated heterocycles. The molecule has 0 aliphatic carbocycles. The van der Waals surface area contributed by atoms with Gasteiger partial charge < -0.3 is 9.84 Å². The Hall–Kier alpha value is -2.37. The van der Waals surface area contributed by atoms with Crippen molar-refractivity contribution in [3.05, 3.63) is 28.8 Å². The quantitative estimate of drug-likeness (QED) is 0.864. The van der Waals surface area contributed by atoms with Crippen LogP contribution in [-0.4, -0.2) is 17.4 Å². The van der Waals surface area contributed by atoms with Crippen LogP contribution >= 0.6 is 0 Å². The first-order valence-electron chi connectivity index (χ1n) is 4.51. The lowest BCUT2D eigenvalue weighted by molar-refractivity contribution is -0.275. The summed E-state index contributed by atoms with van der Waals surface area (Å²) < 4.78 is 65.1. The Morgan fingerprint density at radius 3 is 2.32 bits per heavy atom. The maximum Gasteiger partial charge on any atom is 0.573 e. The van der Waals surface area contributed by atoms with Crippen LogP contribution in [0.25, 0.3) is 0 Å². The molecule has 1 N–H and O–H groups in total. The lowest BCUT2D eigenvalue weighted by Gasteiger charge is -2.16. The number of carboxylic acids is 1. The molecule has 0 heterocycles. The minimum atomic E-state index is -5.36. The Morgan fingerprint density at radius 2 is 1.95 bits per heavy atom. The minimum absolute atomic E-state index is 0.591. The fraction of sp³-hybridized carbons (Fsp3) is 0.200. The molecule has 0 aliphatic rings. The standard InChI is InChI=1S/C10H4F5NO3/c11-8(12)6-4(3-16)1-2-5(9(17)18)7(6)19-10(13,14)15/h1-2,8H,(H,17,18). The Morgan fingerprint density at radius 1 is 1.37 bits per heavy atom. The summed E-state index contributed by atoms with van der Waals surface area (Å²) in [5.41, 5.74) is -3.30. The van der Waals surface area contributed by atoms with Gasteiger partial charge in [0, 0.05) is 0 Å². The Labute approximate surface area is 102 Å². The largest absolute Gasteiger partial charge is 0.573 e. The minimum Gasteiger partial charge on any atom is -0.478 e. The zero-order valence-electron chi connectivity index (χ0n) is 8.83. The molecule has 102 valence electrons. The number of carboxylic acid groups (broad SMARTS) is 1. The number of nitriles is 1. The van der Waals surface area contributed by atoms with Gasteiger partial charge in [0.25, 0.3) is 6.43 Å². The third kappa shape index (κ3) is 3.31. The summed E-state index contributed by atoms with van der Waals surface area (Å²) in [6.07, 6.45) is -8.85. The van der Waals surface area contributed by atoms with E-state index in [2.05, 4.69) is 4.74 Å². The van der Waals surface area contributed by atoms with Crippen molar-refractivity contribution in [1.29, 1.82) is 5.26 Å². The van der Waals surface area contributed by atoms with Gasteiger partial charge in [-0.1, -0.05) is 0 Å². The second-order valence-electron chi connectivity index (χ2n) is 3.17. The number of carbonyl (C=O) groups is 1. The van der Waals surface area contributed by atoms with Crippen LogP contribution in [0.15, 0.2) is 12.1 Å². The van der Waals surface area contributed by atoms with Gasteiger partial charge in [-0.3, -0.25) is 0 Å². The maximum atomic E-state index is 12.7. The number of hydrogen-bond donors (Lipinski definition) is 1. The molecule has 1 aromatic rings. The van der Waals surface area contributed by atoms with E-state index in [1.54, 1.807) is 0 Å². The molecule has 0 aromatic heterocycles. The van der Waals surface area contributed by atoms with Gasteiger partial charge in [0.15, 0.2) is 5.75 Å². The molecule has 0 unspecified atom stereocenters. The first-order chi connectivity index (χ1) is 8.67. The van der Waals surface area contributed by atoms with Crippen molar-refractivity contribution in [3.8, 4) is 11.8 Å².